The first-order valence-electron chi connectivity index (χ1n) is 8.53. The van der Waals surface area contributed by atoms with Crippen LogP contribution in [0.15, 0.2) is 54.6 Å². The molecular formula is C21H22N2O2S. The summed E-state index contributed by atoms with van der Waals surface area (Å²) < 4.78 is 5.19. The Morgan fingerprint density at radius 2 is 1.85 bits per heavy atom. The molecule has 1 amide bonds. The Bertz CT molecular complexity index is 873. The van der Waals surface area contributed by atoms with E-state index in [4.69, 9.17) is 4.74 Å². The van der Waals surface area contributed by atoms with Gasteiger partial charge < -0.3 is 10.1 Å². The summed E-state index contributed by atoms with van der Waals surface area (Å²) in [7, 11) is 1.65. The van der Waals surface area contributed by atoms with Gasteiger partial charge in [-0.05, 0) is 42.7 Å². The number of nitrogens with zero attached hydrogens (tertiary/aromatic N) is 1. The fourth-order valence-electron chi connectivity index (χ4n) is 2.81. The van der Waals surface area contributed by atoms with Crippen LogP contribution in [-0.2, 0) is 4.79 Å². The quantitative estimate of drug-likeness (QED) is 0.647. The van der Waals surface area contributed by atoms with Crippen LogP contribution in [0, 0.1) is 6.92 Å². The lowest BCUT2D eigenvalue weighted by Crippen LogP contribution is -2.14. The van der Waals surface area contributed by atoms with E-state index in [2.05, 4.69) is 17.2 Å². The van der Waals surface area contributed by atoms with Gasteiger partial charge in [0.1, 0.15) is 5.75 Å². The maximum atomic E-state index is 12.4. The van der Waals surface area contributed by atoms with Crippen LogP contribution in [-0.4, -0.2) is 18.0 Å². The van der Waals surface area contributed by atoms with Gasteiger partial charge in [-0.25, -0.2) is 4.98 Å². The number of benzene rings is 2. The van der Waals surface area contributed by atoms with Crippen molar-refractivity contribution in [3.05, 3.63) is 65.0 Å². The van der Waals surface area contributed by atoms with Gasteiger partial charge in [0.15, 0.2) is 5.13 Å². The van der Waals surface area contributed by atoms with Gasteiger partial charge in [-0.15, -0.1) is 11.3 Å². The maximum absolute atomic E-state index is 12.4. The Balaban J connectivity index is 1.67. The smallest absolute Gasteiger partial charge is 0.226 e. The fourth-order valence-corrected chi connectivity index (χ4v) is 3.67. The minimum absolute atomic E-state index is 0.0172. The summed E-state index contributed by atoms with van der Waals surface area (Å²) >= 11 is 1.50. The van der Waals surface area contributed by atoms with Gasteiger partial charge in [0.25, 0.3) is 0 Å². The molecule has 0 saturated carbocycles. The van der Waals surface area contributed by atoms with Gasteiger partial charge in [-0.3, -0.25) is 4.79 Å². The number of carbonyl (C=O) groups is 1. The molecule has 0 saturated heterocycles. The maximum Gasteiger partial charge on any atom is 0.226 e. The zero-order valence-electron chi connectivity index (χ0n) is 15.2. The first kappa shape index (κ1) is 18.1. The third-order valence-corrected chi connectivity index (χ3v) is 5.15. The molecule has 4 nitrogen and oxygen atoms in total. The van der Waals surface area contributed by atoms with Crippen LogP contribution in [0.25, 0.3) is 11.3 Å². The van der Waals surface area contributed by atoms with Crippen LogP contribution in [0.3, 0.4) is 0 Å². The summed E-state index contributed by atoms with van der Waals surface area (Å²) in [6.07, 6.45) is 0.431. The number of hydrogen-bond acceptors (Lipinski definition) is 4. The SMILES string of the molecule is COc1ccc(-c2nc(NC(=O)C[C@H](C)c3ccccc3)sc2C)cc1. The Morgan fingerprint density at radius 3 is 2.50 bits per heavy atom. The second-order valence-corrected chi connectivity index (χ2v) is 7.42. The van der Waals surface area contributed by atoms with Crippen LogP contribution in [0.1, 0.15) is 29.7 Å². The minimum atomic E-state index is -0.0172. The third-order valence-electron chi connectivity index (χ3n) is 4.27. The van der Waals surface area contributed by atoms with Crippen molar-refractivity contribution in [3.63, 3.8) is 0 Å². The molecule has 0 unspecified atom stereocenters. The Labute approximate surface area is 157 Å². The monoisotopic (exact) mass is 366 g/mol. The first-order valence-corrected chi connectivity index (χ1v) is 9.35. The van der Waals surface area contributed by atoms with Gasteiger partial charge in [0.05, 0.1) is 12.8 Å². The summed E-state index contributed by atoms with van der Waals surface area (Å²) in [6.45, 7) is 4.07. The molecule has 0 fully saturated rings. The molecule has 3 rings (SSSR count). The molecule has 0 bridgehead atoms. The van der Waals surface area contributed by atoms with E-state index in [1.54, 1.807) is 7.11 Å². The number of methoxy groups -OCH3 is 1. The van der Waals surface area contributed by atoms with Crippen molar-refractivity contribution in [2.75, 3.05) is 12.4 Å². The predicted molar refractivity (Wildman–Crippen MR) is 107 cm³/mol. The molecule has 0 spiro atoms. The van der Waals surface area contributed by atoms with E-state index in [1.165, 1.54) is 11.3 Å². The number of ether oxygens (including phenoxy) is 1. The molecule has 5 heteroatoms. The van der Waals surface area contributed by atoms with Crippen molar-refractivity contribution in [1.29, 1.82) is 0 Å². The summed E-state index contributed by atoms with van der Waals surface area (Å²) in [6, 6.07) is 17.8. The Morgan fingerprint density at radius 1 is 1.15 bits per heavy atom. The number of aryl methyl sites for hydroxylation is 1. The predicted octanol–water partition coefficient (Wildman–Crippen LogP) is 5.26. The highest BCUT2D eigenvalue weighted by atomic mass is 32.1. The van der Waals surface area contributed by atoms with E-state index >= 15 is 0 Å². The van der Waals surface area contributed by atoms with Gasteiger partial charge >= 0.3 is 0 Å². The number of rotatable bonds is 6. The zero-order valence-corrected chi connectivity index (χ0v) is 16.0. The van der Waals surface area contributed by atoms with Crippen molar-refractivity contribution >= 4 is 22.4 Å². The van der Waals surface area contributed by atoms with Gasteiger partial charge in [0, 0.05) is 16.9 Å². The molecule has 3 aromatic rings. The lowest BCUT2D eigenvalue weighted by Gasteiger charge is -2.10. The summed E-state index contributed by atoms with van der Waals surface area (Å²) in [5.74, 6) is 0.958. The second kappa shape index (κ2) is 8.15. The lowest BCUT2D eigenvalue weighted by atomic mass is 9.98. The molecule has 1 N–H and O–H groups in total. The molecule has 2 aromatic carbocycles. The Hall–Kier alpha value is -2.66. The summed E-state index contributed by atoms with van der Waals surface area (Å²) in [5.41, 5.74) is 3.07. The zero-order chi connectivity index (χ0) is 18.5. The van der Waals surface area contributed by atoms with Crippen LogP contribution in [0.5, 0.6) is 5.75 Å². The number of carbonyl (C=O) groups excluding carboxylic acids is 1. The fraction of sp³-hybridized carbons (Fsp3) is 0.238. The van der Waals surface area contributed by atoms with Gasteiger partial charge in [-0.2, -0.15) is 0 Å². The molecule has 0 aliphatic rings. The topological polar surface area (TPSA) is 51.2 Å². The molecule has 134 valence electrons. The number of nitrogens with one attached hydrogen (secondary N) is 1. The average molecular weight is 366 g/mol. The average Bonchev–Trinajstić information content (AvgIpc) is 3.02. The number of thiazole rings is 1. The van der Waals surface area contributed by atoms with Crippen LogP contribution < -0.4 is 10.1 Å². The van der Waals surface area contributed by atoms with E-state index < -0.39 is 0 Å². The largest absolute Gasteiger partial charge is 0.497 e. The lowest BCUT2D eigenvalue weighted by molar-refractivity contribution is -0.116. The van der Waals surface area contributed by atoms with Crippen molar-refractivity contribution in [2.45, 2.75) is 26.2 Å². The molecular weight excluding hydrogens is 344 g/mol. The number of aromatic nitrogens is 1. The molecule has 0 radical (unpaired) electrons. The highest BCUT2D eigenvalue weighted by Gasteiger charge is 2.15. The molecule has 0 aliphatic carbocycles. The summed E-state index contributed by atoms with van der Waals surface area (Å²) in [4.78, 5) is 18.0. The molecule has 26 heavy (non-hydrogen) atoms. The minimum Gasteiger partial charge on any atom is -0.497 e. The second-order valence-electron chi connectivity index (χ2n) is 6.22. The normalized spacial score (nSPS) is 11.8. The molecule has 1 atom stereocenters. The van der Waals surface area contributed by atoms with Gasteiger partial charge in [-0.1, -0.05) is 37.3 Å². The van der Waals surface area contributed by atoms with E-state index in [1.807, 2.05) is 61.5 Å². The van der Waals surface area contributed by atoms with Crippen LogP contribution in [0.4, 0.5) is 5.13 Å². The van der Waals surface area contributed by atoms with Crippen molar-refractivity contribution < 1.29 is 9.53 Å². The highest BCUT2D eigenvalue weighted by molar-refractivity contribution is 7.16. The molecule has 1 aromatic heterocycles. The van der Waals surface area contributed by atoms with E-state index in [-0.39, 0.29) is 11.8 Å². The van der Waals surface area contributed by atoms with Crippen LogP contribution in [0.2, 0.25) is 0 Å². The third kappa shape index (κ3) is 4.29. The first-order chi connectivity index (χ1) is 12.6. The summed E-state index contributed by atoms with van der Waals surface area (Å²) in [5, 5.41) is 3.58. The number of amides is 1. The highest BCUT2D eigenvalue weighted by Crippen LogP contribution is 2.31. The molecule has 0 aliphatic heterocycles. The van der Waals surface area contributed by atoms with E-state index in [0.717, 1.165) is 27.4 Å². The standard InChI is InChI=1S/C21H22N2O2S/c1-14(16-7-5-4-6-8-16)13-19(24)22-21-23-20(15(2)26-21)17-9-11-18(25-3)12-10-17/h4-12,14H,13H2,1-3H3,(H,22,23,24)/t14-/m0/s1. The Kier molecular flexibility index (Phi) is 5.68. The van der Waals surface area contributed by atoms with Crippen molar-refractivity contribution in [3.8, 4) is 17.0 Å². The van der Waals surface area contributed by atoms with E-state index in [9.17, 15) is 4.79 Å². The van der Waals surface area contributed by atoms with Crippen molar-refractivity contribution in [2.24, 2.45) is 0 Å². The number of anilines is 1. The van der Waals surface area contributed by atoms with Gasteiger partial charge in [0.2, 0.25) is 5.91 Å². The molecule has 1 heterocycles. The van der Waals surface area contributed by atoms with Crippen molar-refractivity contribution in [1.82, 2.24) is 4.98 Å². The van der Waals surface area contributed by atoms with Crippen LogP contribution >= 0.6 is 11.3 Å². The van der Waals surface area contributed by atoms with E-state index in [0.29, 0.717) is 11.6 Å². The number of hydrogen-bond donors (Lipinski definition) is 1.